The largest absolute Gasteiger partial charge is 0.497 e. The van der Waals surface area contributed by atoms with Crippen molar-refractivity contribution in [3.63, 3.8) is 0 Å². The van der Waals surface area contributed by atoms with E-state index in [0.29, 0.717) is 13.1 Å². The van der Waals surface area contributed by atoms with Crippen molar-refractivity contribution in [1.29, 1.82) is 0 Å². The molecule has 3 aromatic rings. The van der Waals surface area contributed by atoms with Crippen LogP contribution in [-0.4, -0.2) is 43.0 Å². The molecular formula is C24H33N5O3. The van der Waals surface area contributed by atoms with Crippen LogP contribution < -0.4 is 20.1 Å². The molecule has 0 spiro atoms. The fraction of sp³-hybridized carbons (Fsp3) is 0.417. The highest BCUT2D eigenvalue weighted by molar-refractivity contribution is 5.79. The average Bonchev–Trinajstić information content (AvgIpc) is 3.44. The van der Waals surface area contributed by atoms with E-state index in [9.17, 15) is 0 Å². The van der Waals surface area contributed by atoms with E-state index < -0.39 is 0 Å². The Morgan fingerprint density at radius 3 is 2.44 bits per heavy atom. The molecule has 8 heteroatoms. The molecular weight excluding hydrogens is 406 g/mol. The number of furan rings is 1. The molecule has 0 atom stereocenters. The van der Waals surface area contributed by atoms with E-state index in [0.717, 1.165) is 60.4 Å². The third-order valence-electron chi connectivity index (χ3n) is 5.20. The van der Waals surface area contributed by atoms with Gasteiger partial charge in [-0.25, -0.2) is 9.67 Å². The van der Waals surface area contributed by atoms with Gasteiger partial charge in [0, 0.05) is 26.6 Å². The minimum absolute atomic E-state index is 0.485. The normalized spacial score (nSPS) is 11.4. The van der Waals surface area contributed by atoms with Crippen LogP contribution in [0.15, 0.2) is 52.1 Å². The van der Waals surface area contributed by atoms with Gasteiger partial charge < -0.3 is 24.5 Å². The number of aromatic nitrogens is 2. The number of rotatable bonds is 11. The molecule has 0 aliphatic rings. The van der Waals surface area contributed by atoms with Crippen LogP contribution in [0.4, 0.5) is 0 Å². The molecule has 0 aliphatic carbocycles. The van der Waals surface area contributed by atoms with Gasteiger partial charge in [-0.1, -0.05) is 19.1 Å². The smallest absolute Gasteiger partial charge is 0.216 e. The highest BCUT2D eigenvalue weighted by Crippen LogP contribution is 2.22. The number of aryl methyl sites for hydroxylation is 2. The predicted octanol–water partition coefficient (Wildman–Crippen LogP) is 3.11. The van der Waals surface area contributed by atoms with E-state index in [2.05, 4.69) is 34.8 Å². The van der Waals surface area contributed by atoms with Gasteiger partial charge in [0.25, 0.3) is 0 Å². The van der Waals surface area contributed by atoms with Crippen LogP contribution in [0.2, 0.25) is 0 Å². The van der Waals surface area contributed by atoms with Gasteiger partial charge in [-0.05, 0) is 42.7 Å². The summed E-state index contributed by atoms with van der Waals surface area (Å²) in [5.74, 6) is 3.30. The average molecular weight is 440 g/mol. The number of methoxy groups -OCH3 is 2. The van der Waals surface area contributed by atoms with E-state index in [1.807, 2.05) is 31.3 Å². The Bertz CT molecular complexity index is 978. The molecule has 3 rings (SSSR count). The van der Waals surface area contributed by atoms with Crippen LogP contribution in [0.5, 0.6) is 11.6 Å². The van der Waals surface area contributed by atoms with Crippen molar-refractivity contribution in [1.82, 2.24) is 20.4 Å². The Labute approximate surface area is 189 Å². The van der Waals surface area contributed by atoms with Crippen LogP contribution >= 0.6 is 0 Å². The molecule has 0 saturated carbocycles. The summed E-state index contributed by atoms with van der Waals surface area (Å²) in [4.78, 5) is 4.81. The summed E-state index contributed by atoms with van der Waals surface area (Å²) < 4.78 is 18.0. The molecule has 0 unspecified atom stereocenters. The minimum atomic E-state index is 0.485. The Hall–Kier alpha value is -3.42. The third-order valence-corrected chi connectivity index (χ3v) is 5.20. The molecule has 2 aromatic heterocycles. The monoisotopic (exact) mass is 439 g/mol. The number of benzene rings is 1. The lowest BCUT2D eigenvalue weighted by atomic mass is 10.1. The second kappa shape index (κ2) is 11.8. The molecule has 0 bridgehead atoms. The number of guanidine groups is 1. The lowest BCUT2D eigenvalue weighted by Crippen LogP contribution is -2.39. The third kappa shape index (κ3) is 6.29. The molecule has 0 radical (unpaired) electrons. The van der Waals surface area contributed by atoms with Crippen molar-refractivity contribution in [3.05, 3.63) is 65.2 Å². The van der Waals surface area contributed by atoms with Crippen LogP contribution in [0.25, 0.3) is 0 Å². The second-order valence-corrected chi connectivity index (χ2v) is 7.36. The van der Waals surface area contributed by atoms with E-state index >= 15 is 0 Å². The zero-order valence-corrected chi connectivity index (χ0v) is 19.4. The van der Waals surface area contributed by atoms with E-state index in [-0.39, 0.29) is 0 Å². The van der Waals surface area contributed by atoms with Gasteiger partial charge in [-0.15, -0.1) is 0 Å². The molecule has 0 saturated heterocycles. The summed E-state index contributed by atoms with van der Waals surface area (Å²) in [5, 5.41) is 11.4. The van der Waals surface area contributed by atoms with Gasteiger partial charge in [0.1, 0.15) is 11.5 Å². The second-order valence-electron chi connectivity index (χ2n) is 7.36. The zero-order valence-electron chi connectivity index (χ0n) is 19.4. The summed E-state index contributed by atoms with van der Waals surface area (Å²) in [6, 6.07) is 12.0. The summed E-state index contributed by atoms with van der Waals surface area (Å²) in [7, 11) is 5.23. The minimum Gasteiger partial charge on any atom is -0.497 e. The molecule has 0 aliphatic heterocycles. The summed E-state index contributed by atoms with van der Waals surface area (Å²) in [6.07, 6.45) is 4.18. The van der Waals surface area contributed by atoms with Gasteiger partial charge in [0.15, 0.2) is 5.96 Å². The molecule has 172 valence electrons. The maximum absolute atomic E-state index is 5.55. The predicted molar refractivity (Wildman–Crippen MR) is 125 cm³/mol. The number of aliphatic imine (C=N–C) groups is 1. The van der Waals surface area contributed by atoms with Crippen molar-refractivity contribution in [3.8, 4) is 11.6 Å². The number of hydrogen-bond acceptors (Lipinski definition) is 5. The fourth-order valence-corrected chi connectivity index (χ4v) is 3.51. The molecule has 2 heterocycles. The molecule has 8 nitrogen and oxygen atoms in total. The zero-order chi connectivity index (χ0) is 22.8. The molecule has 2 N–H and O–H groups in total. The van der Waals surface area contributed by atoms with Crippen LogP contribution in [0, 0.1) is 0 Å². The van der Waals surface area contributed by atoms with Crippen LogP contribution in [-0.2, 0) is 32.9 Å². The lowest BCUT2D eigenvalue weighted by Gasteiger charge is -2.13. The van der Waals surface area contributed by atoms with Crippen LogP contribution in [0.3, 0.4) is 0 Å². The van der Waals surface area contributed by atoms with Crippen molar-refractivity contribution in [2.75, 3.05) is 27.3 Å². The van der Waals surface area contributed by atoms with Crippen molar-refractivity contribution in [2.45, 2.75) is 32.7 Å². The first kappa shape index (κ1) is 23.2. The fourth-order valence-electron chi connectivity index (χ4n) is 3.51. The highest BCUT2D eigenvalue weighted by Gasteiger charge is 2.15. The van der Waals surface area contributed by atoms with Crippen molar-refractivity contribution < 1.29 is 13.9 Å². The van der Waals surface area contributed by atoms with Gasteiger partial charge in [0.05, 0.1) is 38.3 Å². The molecule has 0 amide bonds. The Morgan fingerprint density at radius 2 is 1.81 bits per heavy atom. The number of ether oxygens (including phenoxy) is 2. The van der Waals surface area contributed by atoms with E-state index in [1.165, 1.54) is 5.56 Å². The quantitative estimate of drug-likeness (QED) is 0.353. The number of nitrogens with zero attached hydrogens (tertiary/aromatic N) is 3. The summed E-state index contributed by atoms with van der Waals surface area (Å²) in [5.41, 5.74) is 3.25. The standard InChI is InChI=1S/C24H33N5O3/c1-5-22-21(23(31-4)29(2)28-22)17-27-24(26-15-13-20-7-6-16-32-20)25-14-12-18-8-10-19(30-3)11-9-18/h6-11,16H,5,12-15,17H2,1-4H3,(H2,25,26,27). The SMILES string of the molecule is CCc1nn(C)c(OC)c1CN=C(NCCc1ccc(OC)cc1)NCCc1ccco1. The van der Waals surface area contributed by atoms with Crippen molar-refractivity contribution in [2.24, 2.45) is 12.0 Å². The molecule has 32 heavy (non-hydrogen) atoms. The Balaban J connectivity index is 1.65. The lowest BCUT2D eigenvalue weighted by molar-refractivity contribution is 0.369. The first-order chi connectivity index (χ1) is 15.6. The van der Waals surface area contributed by atoms with E-state index in [1.54, 1.807) is 25.2 Å². The van der Waals surface area contributed by atoms with E-state index in [4.69, 9.17) is 18.9 Å². The molecule has 0 fully saturated rings. The highest BCUT2D eigenvalue weighted by atomic mass is 16.5. The number of nitrogens with one attached hydrogen (secondary N) is 2. The summed E-state index contributed by atoms with van der Waals surface area (Å²) in [6.45, 7) is 4.04. The molecule has 1 aromatic carbocycles. The van der Waals surface area contributed by atoms with Gasteiger partial charge in [-0.3, -0.25) is 0 Å². The first-order valence-corrected chi connectivity index (χ1v) is 10.9. The van der Waals surface area contributed by atoms with Crippen molar-refractivity contribution >= 4 is 5.96 Å². The van der Waals surface area contributed by atoms with Gasteiger partial charge in [0.2, 0.25) is 5.88 Å². The van der Waals surface area contributed by atoms with Gasteiger partial charge >= 0.3 is 0 Å². The first-order valence-electron chi connectivity index (χ1n) is 10.9. The maximum Gasteiger partial charge on any atom is 0.216 e. The van der Waals surface area contributed by atoms with Crippen LogP contribution in [0.1, 0.15) is 29.5 Å². The summed E-state index contributed by atoms with van der Waals surface area (Å²) >= 11 is 0. The maximum atomic E-state index is 5.55. The Kier molecular flexibility index (Phi) is 8.60. The van der Waals surface area contributed by atoms with Gasteiger partial charge in [-0.2, -0.15) is 5.10 Å². The Morgan fingerprint density at radius 1 is 1.06 bits per heavy atom. The number of hydrogen-bond donors (Lipinski definition) is 2. The topological polar surface area (TPSA) is 85.8 Å².